The van der Waals surface area contributed by atoms with Crippen LogP contribution in [0.15, 0.2) is 23.1 Å². The predicted molar refractivity (Wildman–Crippen MR) is 136 cm³/mol. The molecule has 4 atom stereocenters. The lowest BCUT2D eigenvalue weighted by molar-refractivity contribution is -0.152. The zero-order valence-corrected chi connectivity index (χ0v) is 23.2. The number of rotatable bonds is 10. The van der Waals surface area contributed by atoms with Crippen molar-refractivity contribution >= 4 is 11.6 Å². The first-order valence-corrected chi connectivity index (χ1v) is 13.6. The second kappa shape index (κ2) is 12.3. The molecule has 2 fully saturated rings. The maximum Gasteiger partial charge on any atom is 0.405 e. The Morgan fingerprint density at radius 3 is 2.67 bits per heavy atom. The molecule has 43 heavy (non-hydrogen) atoms. The standard InChI is InChI=1S/C25H31F5N8O5/c1-41-8-5-16(37-12-17(25(28,29)30)33-23(37)40)14-9-18-32-15(11-38(18)31-10-14)19(13-3-6-24(26,27)7-4-13)34-21(39)20-22(42-2)36-43-35-20/h9-11,13,16-17,19,23,33,40H,3-8,12H2,1-2H3,(H,34,39)/t16-,17+,19+,23?/m1/s1. The molecule has 3 aromatic heterocycles. The van der Waals surface area contributed by atoms with Crippen molar-refractivity contribution in [1.29, 1.82) is 0 Å². The molecule has 3 N–H and O–H groups in total. The maximum absolute atomic E-state index is 14.0. The van der Waals surface area contributed by atoms with Gasteiger partial charge in [0, 0.05) is 39.1 Å². The lowest BCUT2D eigenvalue weighted by Gasteiger charge is -2.33. The zero-order chi connectivity index (χ0) is 30.9. The van der Waals surface area contributed by atoms with E-state index in [9.17, 15) is 31.9 Å². The average Bonchev–Trinajstić information content (AvgIpc) is 3.70. The van der Waals surface area contributed by atoms with Gasteiger partial charge in [-0.1, -0.05) is 0 Å². The van der Waals surface area contributed by atoms with Crippen LogP contribution < -0.4 is 15.4 Å². The summed E-state index contributed by atoms with van der Waals surface area (Å²) >= 11 is 0. The van der Waals surface area contributed by atoms with Crippen molar-refractivity contribution in [3.05, 3.63) is 35.4 Å². The number of nitrogens with one attached hydrogen (secondary N) is 2. The molecular weight excluding hydrogens is 587 g/mol. The van der Waals surface area contributed by atoms with E-state index in [-0.39, 0.29) is 50.3 Å². The summed E-state index contributed by atoms with van der Waals surface area (Å²) in [5.41, 5.74) is 0.873. The highest BCUT2D eigenvalue weighted by Crippen LogP contribution is 2.41. The summed E-state index contributed by atoms with van der Waals surface area (Å²) in [7, 11) is 2.74. The minimum absolute atomic E-state index is 0.109. The van der Waals surface area contributed by atoms with E-state index in [1.165, 1.54) is 29.8 Å². The van der Waals surface area contributed by atoms with Crippen molar-refractivity contribution in [2.75, 3.05) is 27.4 Å². The summed E-state index contributed by atoms with van der Waals surface area (Å²) in [4.78, 5) is 19.0. The number of methoxy groups -OCH3 is 2. The highest BCUT2D eigenvalue weighted by atomic mass is 19.4. The van der Waals surface area contributed by atoms with Gasteiger partial charge in [-0.2, -0.15) is 18.3 Å². The number of amides is 1. The number of hydrogen-bond donors (Lipinski definition) is 3. The number of aliphatic hydroxyl groups excluding tert-OH is 1. The summed E-state index contributed by atoms with van der Waals surface area (Å²) in [6, 6.07) is -1.84. The Morgan fingerprint density at radius 2 is 2.02 bits per heavy atom. The van der Waals surface area contributed by atoms with Gasteiger partial charge in [0.25, 0.3) is 11.8 Å². The van der Waals surface area contributed by atoms with Crippen LogP contribution in [0.5, 0.6) is 5.88 Å². The average molecular weight is 619 g/mol. The van der Waals surface area contributed by atoms with Crippen LogP contribution in [0.2, 0.25) is 0 Å². The molecule has 0 bridgehead atoms. The molecule has 1 aliphatic carbocycles. The number of carbonyl (C=O) groups excluding carboxylic acids is 1. The van der Waals surface area contributed by atoms with Gasteiger partial charge in [0.15, 0.2) is 12.0 Å². The van der Waals surface area contributed by atoms with Crippen LogP contribution in [0.4, 0.5) is 22.0 Å². The van der Waals surface area contributed by atoms with Crippen molar-refractivity contribution in [1.82, 2.24) is 40.4 Å². The number of aliphatic hydroxyl groups is 1. The van der Waals surface area contributed by atoms with E-state index < -0.39 is 54.9 Å². The lowest BCUT2D eigenvalue weighted by atomic mass is 9.81. The van der Waals surface area contributed by atoms with Gasteiger partial charge in [-0.3, -0.25) is 15.0 Å². The Hall–Kier alpha value is -3.48. The fourth-order valence-electron chi connectivity index (χ4n) is 5.62. The minimum atomic E-state index is -4.56. The molecule has 2 aliphatic rings. The van der Waals surface area contributed by atoms with Crippen molar-refractivity contribution in [3.63, 3.8) is 0 Å². The van der Waals surface area contributed by atoms with Crippen molar-refractivity contribution in [3.8, 4) is 5.88 Å². The third-order valence-electron chi connectivity index (χ3n) is 7.90. The van der Waals surface area contributed by atoms with Gasteiger partial charge in [0.2, 0.25) is 11.6 Å². The van der Waals surface area contributed by atoms with Crippen molar-refractivity contribution in [2.24, 2.45) is 5.92 Å². The Kier molecular flexibility index (Phi) is 8.82. The summed E-state index contributed by atoms with van der Waals surface area (Å²) in [6.07, 6.45) is -3.38. The van der Waals surface area contributed by atoms with Crippen LogP contribution in [0.3, 0.4) is 0 Å². The molecule has 0 radical (unpaired) electrons. The van der Waals surface area contributed by atoms with E-state index >= 15 is 0 Å². The summed E-state index contributed by atoms with van der Waals surface area (Å²) in [5.74, 6) is -4.07. The number of ether oxygens (including phenoxy) is 2. The van der Waals surface area contributed by atoms with Gasteiger partial charge < -0.3 is 19.9 Å². The van der Waals surface area contributed by atoms with Gasteiger partial charge in [-0.25, -0.2) is 22.9 Å². The van der Waals surface area contributed by atoms with Crippen LogP contribution in [0, 0.1) is 5.92 Å². The van der Waals surface area contributed by atoms with Gasteiger partial charge in [0.05, 0.1) is 31.2 Å². The highest BCUT2D eigenvalue weighted by Gasteiger charge is 2.48. The monoisotopic (exact) mass is 618 g/mol. The van der Waals surface area contributed by atoms with E-state index in [0.29, 0.717) is 16.9 Å². The van der Waals surface area contributed by atoms with Gasteiger partial charge >= 0.3 is 6.18 Å². The third-order valence-corrected chi connectivity index (χ3v) is 7.90. The number of carbonyl (C=O) groups is 1. The van der Waals surface area contributed by atoms with Crippen LogP contribution in [0.25, 0.3) is 5.65 Å². The Morgan fingerprint density at radius 1 is 1.28 bits per heavy atom. The summed E-state index contributed by atoms with van der Waals surface area (Å²) in [5, 5.41) is 26.9. The number of imidazole rings is 1. The van der Waals surface area contributed by atoms with Crippen LogP contribution in [-0.4, -0.2) is 92.7 Å². The van der Waals surface area contributed by atoms with E-state index in [0.717, 1.165) is 0 Å². The van der Waals surface area contributed by atoms with Gasteiger partial charge in [-0.05, 0) is 47.1 Å². The first kappa shape index (κ1) is 31.0. The molecule has 236 valence electrons. The van der Waals surface area contributed by atoms with E-state index in [2.05, 4.69) is 35.7 Å². The van der Waals surface area contributed by atoms with Crippen molar-refractivity contribution < 1.29 is 46.0 Å². The maximum atomic E-state index is 14.0. The fraction of sp³-hybridized carbons (Fsp3) is 0.640. The zero-order valence-electron chi connectivity index (χ0n) is 23.2. The van der Waals surface area contributed by atoms with E-state index in [1.54, 1.807) is 12.3 Å². The molecule has 1 saturated carbocycles. The fourth-order valence-corrected chi connectivity index (χ4v) is 5.62. The number of halogens is 5. The van der Waals surface area contributed by atoms with E-state index in [1.807, 2.05) is 0 Å². The highest BCUT2D eigenvalue weighted by molar-refractivity contribution is 5.94. The van der Waals surface area contributed by atoms with Gasteiger partial charge in [0.1, 0.15) is 6.04 Å². The molecule has 4 heterocycles. The SMILES string of the molecule is COCC[C@H](c1cnn2cc([C@@H](NC(=O)c3nonc3OC)C3CCC(F)(F)CC3)nc2c1)N1C[C@@H](C(F)(F)F)NC1O. The smallest absolute Gasteiger partial charge is 0.405 e. The number of aromatic nitrogens is 5. The first-order valence-electron chi connectivity index (χ1n) is 13.6. The molecule has 0 spiro atoms. The summed E-state index contributed by atoms with van der Waals surface area (Å²) in [6.45, 7) is -0.305. The number of fused-ring (bicyclic) bond motifs is 1. The number of hydrogen-bond acceptors (Lipinski definition) is 11. The number of nitrogens with zero attached hydrogens (tertiary/aromatic N) is 6. The molecule has 1 amide bonds. The molecule has 1 unspecified atom stereocenters. The second-order valence-electron chi connectivity index (χ2n) is 10.7. The third kappa shape index (κ3) is 6.71. The Labute approximate surface area is 241 Å². The minimum Gasteiger partial charge on any atom is -0.477 e. The molecule has 1 saturated heterocycles. The van der Waals surface area contributed by atoms with Crippen LogP contribution in [-0.2, 0) is 4.74 Å². The molecule has 3 aromatic rings. The topological polar surface area (TPSA) is 152 Å². The van der Waals surface area contributed by atoms with Crippen LogP contribution >= 0.6 is 0 Å². The van der Waals surface area contributed by atoms with Gasteiger partial charge in [-0.15, -0.1) is 0 Å². The Balaban J connectivity index is 1.45. The van der Waals surface area contributed by atoms with Crippen molar-refractivity contribution in [2.45, 2.75) is 68.7 Å². The van der Waals surface area contributed by atoms with Crippen LogP contribution in [0.1, 0.15) is 65.9 Å². The normalized spacial score (nSPS) is 23.0. The molecular formula is C25H31F5N8O5. The molecule has 5 rings (SSSR count). The number of alkyl halides is 5. The Bertz CT molecular complexity index is 1410. The molecule has 1 aliphatic heterocycles. The largest absolute Gasteiger partial charge is 0.477 e. The predicted octanol–water partition coefficient (Wildman–Crippen LogP) is 2.61. The summed E-state index contributed by atoms with van der Waals surface area (Å²) < 4.78 is 84.3. The quantitative estimate of drug-likeness (QED) is 0.288. The molecule has 18 heteroatoms. The molecule has 0 aromatic carbocycles. The van der Waals surface area contributed by atoms with E-state index in [4.69, 9.17) is 9.47 Å². The second-order valence-corrected chi connectivity index (χ2v) is 10.7. The lowest BCUT2D eigenvalue weighted by Crippen LogP contribution is -2.42. The molecule has 13 nitrogen and oxygen atoms in total. The first-order chi connectivity index (χ1) is 20.4.